The third-order valence-electron chi connectivity index (χ3n) is 1.83. The number of halogens is 1. The van der Waals surface area contributed by atoms with Crippen molar-refractivity contribution in [3.05, 3.63) is 17.0 Å². The van der Waals surface area contributed by atoms with Crippen LogP contribution in [-0.4, -0.2) is 26.2 Å². The molecule has 0 aliphatic carbocycles. The lowest BCUT2D eigenvalue weighted by Gasteiger charge is -2.08. The molecule has 2 rings (SSSR count). The van der Waals surface area contributed by atoms with Crippen LogP contribution in [0.2, 0.25) is 5.15 Å². The lowest BCUT2D eigenvalue weighted by molar-refractivity contribution is 0.314. The molecule has 2 aromatic heterocycles. The summed E-state index contributed by atoms with van der Waals surface area (Å²) in [4.78, 5) is 7.99. The van der Waals surface area contributed by atoms with Crippen LogP contribution in [0.5, 0.6) is 5.88 Å². The molecule has 0 radical (unpaired) electrons. The second-order valence-corrected chi connectivity index (χ2v) is 3.10. The fourth-order valence-electron chi connectivity index (χ4n) is 1.18. The van der Waals surface area contributed by atoms with Crippen LogP contribution in [0.4, 0.5) is 0 Å². The summed E-state index contributed by atoms with van der Waals surface area (Å²) in [5.41, 5.74) is 0.770. The van der Waals surface area contributed by atoms with E-state index in [-0.39, 0.29) is 0 Å². The quantitative estimate of drug-likeness (QED) is 0.708. The molecule has 0 atom stereocenters. The molecule has 0 spiro atoms. The SMILES string of the molecule is CCOc1c(C)c(Cl)nc2ncnn12. The predicted octanol–water partition coefficient (Wildman–Crippen LogP) is 1.48. The number of rotatable bonds is 2. The van der Waals surface area contributed by atoms with Gasteiger partial charge in [-0.3, -0.25) is 0 Å². The zero-order valence-electron chi connectivity index (χ0n) is 7.86. The van der Waals surface area contributed by atoms with Crippen molar-refractivity contribution >= 4 is 17.4 Å². The number of hydrogen-bond acceptors (Lipinski definition) is 4. The highest BCUT2D eigenvalue weighted by Gasteiger charge is 2.12. The lowest BCUT2D eigenvalue weighted by Crippen LogP contribution is -2.04. The molecule has 0 fully saturated rings. The zero-order valence-corrected chi connectivity index (χ0v) is 8.62. The molecule has 6 heteroatoms. The van der Waals surface area contributed by atoms with Crippen molar-refractivity contribution in [3.8, 4) is 5.88 Å². The van der Waals surface area contributed by atoms with Crippen molar-refractivity contribution in [1.29, 1.82) is 0 Å². The average molecular weight is 213 g/mol. The van der Waals surface area contributed by atoms with Gasteiger partial charge in [-0.1, -0.05) is 11.6 Å². The van der Waals surface area contributed by atoms with Gasteiger partial charge in [-0.2, -0.15) is 19.6 Å². The minimum atomic E-state index is 0.397. The average Bonchev–Trinajstić information content (AvgIpc) is 2.60. The Morgan fingerprint density at radius 3 is 3.07 bits per heavy atom. The summed E-state index contributed by atoms with van der Waals surface area (Å²) in [6.07, 6.45) is 1.42. The van der Waals surface area contributed by atoms with Crippen molar-refractivity contribution in [2.75, 3.05) is 6.61 Å². The summed E-state index contributed by atoms with van der Waals surface area (Å²) in [5.74, 6) is 1.05. The van der Waals surface area contributed by atoms with E-state index in [1.54, 1.807) is 0 Å². The first-order valence-electron chi connectivity index (χ1n) is 4.22. The predicted molar refractivity (Wildman–Crippen MR) is 51.7 cm³/mol. The van der Waals surface area contributed by atoms with Crippen molar-refractivity contribution in [2.24, 2.45) is 0 Å². The van der Waals surface area contributed by atoms with E-state index in [0.717, 1.165) is 5.56 Å². The Balaban J connectivity index is 2.73. The van der Waals surface area contributed by atoms with Gasteiger partial charge in [-0.15, -0.1) is 0 Å². The maximum absolute atomic E-state index is 5.91. The Kier molecular flexibility index (Phi) is 2.25. The van der Waals surface area contributed by atoms with Gasteiger partial charge in [0.2, 0.25) is 5.88 Å². The molecule has 0 amide bonds. The van der Waals surface area contributed by atoms with Gasteiger partial charge >= 0.3 is 0 Å². The number of aromatic nitrogens is 4. The molecular weight excluding hydrogens is 204 g/mol. The van der Waals surface area contributed by atoms with Gasteiger partial charge in [-0.25, -0.2) is 0 Å². The van der Waals surface area contributed by atoms with Gasteiger partial charge in [-0.05, 0) is 13.8 Å². The summed E-state index contributed by atoms with van der Waals surface area (Å²) in [7, 11) is 0. The van der Waals surface area contributed by atoms with Gasteiger partial charge in [0, 0.05) is 5.56 Å². The largest absolute Gasteiger partial charge is 0.478 e. The Hall–Kier alpha value is -1.36. The second kappa shape index (κ2) is 3.42. The molecule has 0 unspecified atom stereocenters. The van der Waals surface area contributed by atoms with Crippen LogP contribution < -0.4 is 4.74 Å². The first kappa shape index (κ1) is 9.21. The van der Waals surface area contributed by atoms with Crippen LogP contribution in [0, 0.1) is 6.92 Å². The Morgan fingerprint density at radius 1 is 1.57 bits per heavy atom. The minimum Gasteiger partial charge on any atom is -0.478 e. The Bertz CT molecular complexity index is 468. The third-order valence-corrected chi connectivity index (χ3v) is 2.20. The van der Waals surface area contributed by atoms with Gasteiger partial charge in [0.1, 0.15) is 11.5 Å². The van der Waals surface area contributed by atoms with Gasteiger partial charge < -0.3 is 4.74 Å². The van der Waals surface area contributed by atoms with E-state index in [4.69, 9.17) is 16.3 Å². The van der Waals surface area contributed by atoms with Gasteiger partial charge in [0.25, 0.3) is 5.78 Å². The monoisotopic (exact) mass is 212 g/mol. The van der Waals surface area contributed by atoms with Crippen LogP contribution in [0.1, 0.15) is 12.5 Å². The van der Waals surface area contributed by atoms with Crippen molar-refractivity contribution in [2.45, 2.75) is 13.8 Å². The van der Waals surface area contributed by atoms with Crippen molar-refractivity contribution < 1.29 is 4.74 Å². The summed E-state index contributed by atoms with van der Waals surface area (Å²) in [6.45, 7) is 4.29. The molecule has 0 saturated carbocycles. The minimum absolute atomic E-state index is 0.397. The highest BCUT2D eigenvalue weighted by atomic mass is 35.5. The van der Waals surface area contributed by atoms with E-state index in [1.165, 1.54) is 10.8 Å². The van der Waals surface area contributed by atoms with Crippen molar-refractivity contribution in [3.63, 3.8) is 0 Å². The first-order valence-corrected chi connectivity index (χ1v) is 4.60. The molecule has 2 aromatic rings. The molecule has 0 bridgehead atoms. The number of fused-ring (bicyclic) bond motifs is 1. The molecule has 14 heavy (non-hydrogen) atoms. The molecule has 0 N–H and O–H groups in total. The second-order valence-electron chi connectivity index (χ2n) is 2.74. The Labute approximate surface area is 85.7 Å². The first-order chi connectivity index (χ1) is 6.74. The number of ether oxygens (including phenoxy) is 1. The van der Waals surface area contributed by atoms with E-state index < -0.39 is 0 Å². The van der Waals surface area contributed by atoms with Crippen LogP contribution in [-0.2, 0) is 0 Å². The fourth-order valence-corrected chi connectivity index (χ4v) is 1.34. The number of hydrogen-bond donors (Lipinski definition) is 0. The van der Waals surface area contributed by atoms with Crippen LogP contribution in [0.15, 0.2) is 6.33 Å². The molecule has 0 aliphatic rings. The smallest absolute Gasteiger partial charge is 0.256 e. The van der Waals surface area contributed by atoms with Crippen LogP contribution in [0.3, 0.4) is 0 Å². The Morgan fingerprint density at radius 2 is 2.36 bits per heavy atom. The van der Waals surface area contributed by atoms with Crippen LogP contribution >= 0.6 is 11.6 Å². The van der Waals surface area contributed by atoms with E-state index in [1.807, 2.05) is 13.8 Å². The van der Waals surface area contributed by atoms with E-state index in [2.05, 4.69) is 15.1 Å². The summed E-state index contributed by atoms with van der Waals surface area (Å²) < 4.78 is 6.96. The maximum atomic E-state index is 5.91. The highest BCUT2D eigenvalue weighted by molar-refractivity contribution is 6.30. The summed E-state index contributed by atoms with van der Waals surface area (Å²) >= 11 is 5.91. The molecule has 0 aliphatic heterocycles. The number of nitrogens with zero attached hydrogens (tertiary/aromatic N) is 4. The fraction of sp³-hybridized carbons (Fsp3) is 0.375. The molecule has 0 aromatic carbocycles. The molecular formula is C8H9ClN4O. The topological polar surface area (TPSA) is 52.3 Å². The summed E-state index contributed by atoms with van der Waals surface area (Å²) in [5, 5.41) is 4.40. The normalized spacial score (nSPS) is 10.8. The highest BCUT2D eigenvalue weighted by Crippen LogP contribution is 2.23. The van der Waals surface area contributed by atoms with E-state index >= 15 is 0 Å². The van der Waals surface area contributed by atoms with Crippen molar-refractivity contribution in [1.82, 2.24) is 19.6 Å². The van der Waals surface area contributed by atoms with Gasteiger partial charge in [0.05, 0.1) is 6.61 Å². The van der Waals surface area contributed by atoms with E-state index in [0.29, 0.717) is 23.4 Å². The zero-order chi connectivity index (χ0) is 10.1. The standard InChI is InChI=1S/C8H9ClN4O/c1-3-14-7-5(2)6(9)12-8-10-4-11-13(7)8/h4H,3H2,1-2H3. The van der Waals surface area contributed by atoms with Gasteiger partial charge in [0.15, 0.2) is 0 Å². The molecule has 2 heterocycles. The molecule has 74 valence electrons. The van der Waals surface area contributed by atoms with E-state index in [9.17, 15) is 0 Å². The molecule has 0 saturated heterocycles. The lowest BCUT2D eigenvalue weighted by atomic mass is 10.4. The third kappa shape index (κ3) is 1.29. The summed E-state index contributed by atoms with van der Waals surface area (Å²) in [6, 6.07) is 0. The maximum Gasteiger partial charge on any atom is 0.256 e. The van der Waals surface area contributed by atoms with Crippen LogP contribution in [0.25, 0.3) is 5.78 Å². The molecule has 5 nitrogen and oxygen atoms in total.